The molecule has 2 amide bonds. The van der Waals surface area contributed by atoms with Crippen molar-refractivity contribution in [3.63, 3.8) is 0 Å². The molecule has 52 heavy (non-hydrogen) atoms. The molecule has 6 heterocycles. The molecule has 0 atom stereocenters. The van der Waals surface area contributed by atoms with Crippen molar-refractivity contribution in [1.82, 2.24) is 44.2 Å². The van der Waals surface area contributed by atoms with E-state index in [1.165, 1.54) is 25.4 Å². The van der Waals surface area contributed by atoms with Gasteiger partial charge < -0.3 is 25.1 Å². The minimum atomic E-state index is -2.70. The number of carboxylic acid groups (broad SMARTS) is 1. The van der Waals surface area contributed by atoms with Gasteiger partial charge in [0.1, 0.15) is 0 Å². The summed E-state index contributed by atoms with van der Waals surface area (Å²) in [4.78, 5) is 52.9. The third kappa shape index (κ3) is 7.30. The van der Waals surface area contributed by atoms with Crippen molar-refractivity contribution in [3.8, 4) is 11.1 Å². The zero-order valence-corrected chi connectivity index (χ0v) is 29.1. The molecule has 2 N–H and O–H groups in total. The smallest absolute Gasteiger partial charge is 0.338 e. The van der Waals surface area contributed by atoms with Crippen LogP contribution < -0.4 is 10.2 Å². The van der Waals surface area contributed by atoms with Gasteiger partial charge in [0.25, 0.3) is 6.43 Å². The molecule has 1 aromatic carbocycles. The molecule has 0 saturated carbocycles. The number of aromatic carboxylic acids is 1. The van der Waals surface area contributed by atoms with Gasteiger partial charge in [-0.05, 0) is 30.5 Å². The van der Waals surface area contributed by atoms with E-state index in [0.717, 1.165) is 11.3 Å². The number of anilines is 3. The molecule has 0 unspecified atom stereocenters. The highest BCUT2D eigenvalue weighted by Gasteiger charge is 2.32. The van der Waals surface area contributed by atoms with Gasteiger partial charge in [-0.25, -0.2) is 23.5 Å². The molecule has 17 heteroatoms. The lowest BCUT2D eigenvalue weighted by molar-refractivity contribution is -0.133. The Kier molecular flexibility index (Phi) is 9.85. The zero-order valence-electron chi connectivity index (χ0n) is 29.1. The largest absolute Gasteiger partial charge is 0.478 e. The van der Waals surface area contributed by atoms with Crippen LogP contribution in [0.2, 0.25) is 0 Å². The minimum absolute atomic E-state index is 0.0369. The average molecular weight is 718 g/mol. The Bertz CT molecular complexity index is 1950. The summed E-state index contributed by atoms with van der Waals surface area (Å²) < 4.78 is 32.1. The lowest BCUT2D eigenvalue weighted by Crippen LogP contribution is -2.51. The fourth-order valence-electron chi connectivity index (χ4n) is 7.25. The van der Waals surface area contributed by atoms with Crippen molar-refractivity contribution >= 4 is 35.2 Å². The van der Waals surface area contributed by atoms with Gasteiger partial charge in [0, 0.05) is 113 Å². The summed E-state index contributed by atoms with van der Waals surface area (Å²) in [5.41, 5.74) is 3.30. The van der Waals surface area contributed by atoms with Gasteiger partial charge in [0.2, 0.25) is 17.8 Å². The molecule has 0 aliphatic carbocycles. The third-order valence-corrected chi connectivity index (χ3v) is 10.2. The van der Waals surface area contributed by atoms with Crippen molar-refractivity contribution < 1.29 is 28.3 Å². The van der Waals surface area contributed by atoms with Gasteiger partial charge >= 0.3 is 5.97 Å². The maximum atomic E-state index is 14.3. The summed E-state index contributed by atoms with van der Waals surface area (Å²) in [6.07, 6.45) is 5.20. The Labute approximate surface area is 298 Å². The van der Waals surface area contributed by atoms with Crippen molar-refractivity contribution in [2.45, 2.75) is 45.2 Å². The number of nitrogens with zero attached hydrogens (tertiary/aromatic N) is 10. The van der Waals surface area contributed by atoms with Crippen LogP contribution in [0.15, 0.2) is 43.0 Å². The fourth-order valence-corrected chi connectivity index (χ4v) is 7.25. The number of piperazine rings is 1. The summed E-state index contributed by atoms with van der Waals surface area (Å²) in [6.45, 7) is 6.51. The molecule has 3 aliphatic heterocycles. The molecule has 0 radical (unpaired) electrons. The molecule has 0 bridgehead atoms. The van der Waals surface area contributed by atoms with Crippen LogP contribution in [0, 0.1) is 0 Å². The van der Waals surface area contributed by atoms with Gasteiger partial charge in [-0.1, -0.05) is 6.07 Å². The van der Waals surface area contributed by atoms with Crippen LogP contribution >= 0.6 is 0 Å². The van der Waals surface area contributed by atoms with Gasteiger partial charge in [-0.2, -0.15) is 10.2 Å². The maximum absolute atomic E-state index is 14.3. The lowest BCUT2D eigenvalue weighted by atomic mass is 10.0. The first-order valence-electron chi connectivity index (χ1n) is 17.4. The number of carboxylic acids is 1. The summed E-state index contributed by atoms with van der Waals surface area (Å²) >= 11 is 0. The highest BCUT2D eigenvalue weighted by atomic mass is 19.3. The standard InChI is InChI=1S/C35H41F2N11O4/c1-22(49)47-10-7-30-29(20-47)33(41-25-3-4-27(28(15-25)32(36)37)24-18-40-43(2)19-24)42-48(30)26-5-8-45(9-6-26)31(50)21-44-11-13-46(14-12-44)35-38-16-23(17-39-35)34(51)52/h3-4,15-19,26,32H,5-14,20-21H2,1-2H3,(H,41,42)(H,51,52). The van der Waals surface area contributed by atoms with Crippen LogP contribution in [0.1, 0.15) is 59.4 Å². The number of carbonyl (C=O) groups excluding carboxylic acids is 2. The number of hydrogen-bond donors (Lipinski definition) is 2. The first kappa shape index (κ1) is 35.0. The number of carbonyl (C=O) groups is 3. The van der Waals surface area contributed by atoms with E-state index in [9.17, 15) is 23.2 Å². The number of hydrogen-bond acceptors (Lipinski definition) is 10. The second kappa shape index (κ2) is 14.7. The van der Waals surface area contributed by atoms with Crippen LogP contribution in [0.25, 0.3) is 11.1 Å². The molecular weight excluding hydrogens is 676 g/mol. The number of aryl methyl sites for hydroxylation is 1. The molecule has 0 spiro atoms. The summed E-state index contributed by atoms with van der Waals surface area (Å²) in [5.74, 6) is -0.0293. The number of piperidine rings is 1. The highest BCUT2D eigenvalue weighted by molar-refractivity contribution is 5.86. The van der Waals surface area contributed by atoms with Crippen molar-refractivity contribution in [2.75, 3.05) is 62.6 Å². The molecule has 7 rings (SSSR count). The zero-order chi connectivity index (χ0) is 36.5. The second-order valence-electron chi connectivity index (χ2n) is 13.5. The van der Waals surface area contributed by atoms with Crippen molar-refractivity contribution in [1.29, 1.82) is 0 Å². The monoisotopic (exact) mass is 717 g/mol. The predicted octanol–water partition coefficient (Wildman–Crippen LogP) is 3.34. The van der Waals surface area contributed by atoms with E-state index in [-0.39, 0.29) is 29.0 Å². The molecule has 2 fully saturated rings. The molecule has 15 nitrogen and oxygen atoms in total. The molecule has 4 aromatic rings. The minimum Gasteiger partial charge on any atom is -0.478 e. The summed E-state index contributed by atoms with van der Waals surface area (Å²) in [6, 6.07) is 4.90. The van der Waals surface area contributed by atoms with Gasteiger partial charge in [0.15, 0.2) is 5.82 Å². The Morgan fingerprint density at radius 2 is 1.71 bits per heavy atom. The maximum Gasteiger partial charge on any atom is 0.338 e. The SMILES string of the molecule is CC(=O)N1CCc2c(c(Nc3ccc(-c4cnn(C)c4)c(C(F)F)c3)nn2C2CCN(C(=O)CN3CCN(c4ncc(C(=O)O)cn4)CC3)CC2)C1. The second-order valence-corrected chi connectivity index (χ2v) is 13.5. The van der Waals surface area contributed by atoms with Crippen LogP contribution in [0.3, 0.4) is 0 Å². The Morgan fingerprint density at radius 1 is 0.981 bits per heavy atom. The van der Waals surface area contributed by atoms with Crippen LogP contribution in [-0.4, -0.2) is 119 Å². The Hall–Kier alpha value is -5.45. The number of likely N-dealkylation sites (tertiary alicyclic amines) is 1. The van der Waals surface area contributed by atoms with Gasteiger partial charge in [-0.15, -0.1) is 0 Å². The molecule has 2 saturated heterocycles. The van der Waals surface area contributed by atoms with Crippen LogP contribution in [0.4, 0.5) is 26.2 Å². The number of amides is 2. The fraction of sp³-hybridized carbons (Fsp3) is 0.457. The first-order chi connectivity index (χ1) is 25.0. The van der Waals surface area contributed by atoms with Crippen molar-refractivity contribution in [3.05, 3.63) is 65.4 Å². The van der Waals surface area contributed by atoms with E-state index in [1.807, 2.05) is 14.5 Å². The molecule has 3 aliphatic rings. The molecule has 274 valence electrons. The van der Waals surface area contributed by atoms with Gasteiger partial charge in [-0.3, -0.25) is 23.9 Å². The number of nitrogens with one attached hydrogen (secondary N) is 1. The topological polar surface area (TPSA) is 158 Å². The number of alkyl halides is 2. The van der Waals surface area contributed by atoms with E-state index >= 15 is 0 Å². The van der Waals surface area contributed by atoms with E-state index in [4.69, 9.17) is 10.2 Å². The molecular formula is C35H41F2N11O4. The predicted molar refractivity (Wildman–Crippen MR) is 186 cm³/mol. The van der Waals surface area contributed by atoms with Crippen LogP contribution in [-0.2, 0) is 29.6 Å². The van der Waals surface area contributed by atoms with Gasteiger partial charge in [0.05, 0.1) is 30.9 Å². The number of aromatic nitrogens is 6. The van der Waals surface area contributed by atoms with E-state index in [0.29, 0.717) is 107 Å². The first-order valence-corrected chi connectivity index (χ1v) is 17.4. The van der Waals surface area contributed by atoms with E-state index < -0.39 is 12.4 Å². The van der Waals surface area contributed by atoms with Crippen molar-refractivity contribution in [2.24, 2.45) is 7.05 Å². The lowest BCUT2D eigenvalue weighted by Gasteiger charge is -2.37. The normalized spacial score (nSPS) is 17.1. The van der Waals surface area contributed by atoms with E-state index in [2.05, 4.69) is 25.3 Å². The molecule has 3 aromatic heterocycles. The Morgan fingerprint density at radius 3 is 2.35 bits per heavy atom. The summed E-state index contributed by atoms with van der Waals surface area (Å²) in [7, 11) is 1.74. The highest BCUT2D eigenvalue weighted by Crippen LogP contribution is 2.37. The van der Waals surface area contributed by atoms with Crippen LogP contribution in [0.5, 0.6) is 0 Å². The quantitative estimate of drug-likeness (QED) is 0.262. The Balaban J connectivity index is 1.00. The number of benzene rings is 1. The number of fused-ring (bicyclic) bond motifs is 1. The third-order valence-electron chi connectivity index (χ3n) is 10.2. The average Bonchev–Trinajstić information content (AvgIpc) is 3.75. The number of rotatable bonds is 9. The van der Waals surface area contributed by atoms with E-state index in [1.54, 1.807) is 41.2 Å². The summed E-state index contributed by atoms with van der Waals surface area (Å²) in [5, 5.41) is 21.5. The number of halogens is 2.